The van der Waals surface area contributed by atoms with E-state index in [2.05, 4.69) is 22.9 Å². The summed E-state index contributed by atoms with van der Waals surface area (Å²) in [5.74, 6) is 0.971. The minimum atomic E-state index is 0.0232. The molecule has 0 radical (unpaired) electrons. The molecule has 0 atom stereocenters. The molecule has 0 spiro atoms. The first-order valence-corrected chi connectivity index (χ1v) is 10.1. The van der Waals surface area contributed by atoms with Crippen molar-refractivity contribution in [1.29, 1.82) is 0 Å². The van der Waals surface area contributed by atoms with Gasteiger partial charge in [0.05, 0.1) is 16.1 Å². The van der Waals surface area contributed by atoms with Gasteiger partial charge in [-0.25, -0.2) is 0 Å². The molecule has 1 amide bonds. The number of benzene rings is 1. The second-order valence-corrected chi connectivity index (χ2v) is 8.44. The van der Waals surface area contributed by atoms with E-state index in [9.17, 15) is 4.79 Å². The van der Waals surface area contributed by atoms with Crippen molar-refractivity contribution in [3.8, 4) is 0 Å². The number of rotatable bonds is 5. The van der Waals surface area contributed by atoms with Crippen molar-refractivity contribution in [2.24, 2.45) is 11.3 Å². The maximum atomic E-state index is 13.0. The lowest BCUT2D eigenvalue weighted by molar-refractivity contribution is 0.0598. The standard InChI is InChI=1S/C21H27ClN2O/c1-2-12-24-13-16(19-17(22)4-3-5-18(19)24)20(25)23-14-21-9-6-15(7-10-21)8-11-21/h3-5,13,15H,2,6-12,14H2,1H3,(H,23,25). The van der Waals surface area contributed by atoms with Crippen LogP contribution in [0.5, 0.6) is 0 Å². The van der Waals surface area contributed by atoms with Gasteiger partial charge >= 0.3 is 0 Å². The van der Waals surface area contributed by atoms with Crippen LogP contribution in [0.1, 0.15) is 62.2 Å². The molecule has 3 saturated carbocycles. The third-order valence-corrected chi connectivity index (χ3v) is 6.75. The lowest BCUT2D eigenvalue weighted by atomic mass is 9.61. The highest BCUT2D eigenvalue weighted by molar-refractivity contribution is 6.36. The lowest BCUT2D eigenvalue weighted by Crippen LogP contribution is -2.43. The molecule has 4 heteroatoms. The van der Waals surface area contributed by atoms with Gasteiger partial charge in [-0.1, -0.05) is 24.6 Å². The fraction of sp³-hybridized carbons (Fsp3) is 0.571. The van der Waals surface area contributed by atoms with E-state index in [1.165, 1.54) is 38.5 Å². The van der Waals surface area contributed by atoms with Gasteiger partial charge in [-0.05, 0) is 68.4 Å². The average molecular weight is 359 g/mol. The molecule has 5 rings (SSSR count). The number of hydrogen-bond acceptors (Lipinski definition) is 1. The van der Waals surface area contributed by atoms with E-state index in [0.29, 0.717) is 10.4 Å². The Bertz CT molecular complexity index is 773. The third-order valence-electron chi connectivity index (χ3n) is 6.44. The summed E-state index contributed by atoms with van der Waals surface area (Å²) in [5.41, 5.74) is 2.11. The first-order valence-electron chi connectivity index (χ1n) is 9.67. The van der Waals surface area contributed by atoms with Gasteiger partial charge in [0.2, 0.25) is 0 Å². The second kappa shape index (κ2) is 6.68. The van der Waals surface area contributed by atoms with Crippen LogP contribution in [0, 0.1) is 11.3 Å². The van der Waals surface area contributed by atoms with Crippen molar-refractivity contribution < 1.29 is 4.79 Å². The highest BCUT2D eigenvalue weighted by Crippen LogP contribution is 2.49. The maximum Gasteiger partial charge on any atom is 0.253 e. The molecule has 0 aliphatic heterocycles. The molecule has 2 bridgehead atoms. The summed E-state index contributed by atoms with van der Waals surface area (Å²) in [6.07, 6.45) is 10.9. The first-order chi connectivity index (χ1) is 12.1. The Labute approximate surface area is 154 Å². The second-order valence-electron chi connectivity index (χ2n) is 8.03. The Balaban J connectivity index is 1.57. The molecule has 134 valence electrons. The van der Waals surface area contributed by atoms with Gasteiger partial charge in [0.1, 0.15) is 0 Å². The van der Waals surface area contributed by atoms with Gasteiger partial charge in [-0.3, -0.25) is 4.79 Å². The molecule has 25 heavy (non-hydrogen) atoms. The van der Waals surface area contributed by atoms with E-state index in [1.807, 2.05) is 18.3 Å². The number of hydrogen-bond donors (Lipinski definition) is 1. The Morgan fingerprint density at radius 2 is 2.00 bits per heavy atom. The number of carbonyl (C=O) groups is 1. The zero-order chi connectivity index (χ0) is 17.4. The van der Waals surface area contributed by atoms with Crippen molar-refractivity contribution in [3.05, 3.63) is 35.0 Å². The minimum Gasteiger partial charge on any atom is -0.351 e. The monoisotopic (exact) mass is 358 g/mol. The van der Waals surface area contributed by atoms with E-state index in [0.717, 1.165) is 41.9 Å². The molecule has 2 aromatic rings. The highest BCUT2D eigenvalue weighted by Gasteiger charge is 2.40. The summed E-state index contributed by atoms with van der Waals surface area (Å²) in [7, 11) is 0. The van der Waals surface area contributed by atoms with Crippen LogP contribution in [0.2, 0.25) is 5.02 Å². The summed E-state index contributed by atoms with van der Waals surface area (Å²) in [4.78, 5) is 13.0. The van der Waals surface area contributed by atoms with Crippen LogP contribution in [-0.4, -0.2) is 17.0 Å². The molecular formula is C21H27ClN2O. The summed E-state index contributed by atoms with van der Waals surface area (Å²) >= 11 is 6.44. The average Bonchev–Trinajstić information content (AvgIpc) is 3.02. The summed E-state index contributed by atoms with van der Waals surface area (Å²) < 4.78 is 2.15. The Hall–Kier alpha value is -1.48. The molecular weight excluding hydrogens is 332 g/mol. The van der Waals surface area contributed by atoms with Crippen LogP contribution in [0.4, 0.5) is 0 Å². The smallest absolute Gasteiger partial charge is 0.253 e. The van der Waals surface area contributed by atoms with Crippen LogP contribution >= 0.6 is 11.6 Å². The molecule has 3 aliphatic carbocycles. The summed E-state index contributed by atoms with van der Waals surface area (Å²) in [6, 6.07) is 5.88. The largest absolute Gasteiger partial charge is 0.351 e. The van der Waals surface area contributed by atoms with Crippen molar-refractivity contribution in [2.75, 3.05) is 6.54 Å². The van der Waals surface area contributed by atoms with E-state index in [1.54, 1.807) is 0 Å². The summed E-state index contributed by atoms with van der Waals surface area (Å²) in [6.45, 7) is 3.85. The third kappa shape index (κ3) is 3.08. The SMILES string of the molecule is CCCn1cc(C(=O)NCC23CCC(CC2)CC3)c2c(Cl)cccc21. The van der Waals surface area contributed by atoms with Gasteiger partial charge in [0.25, 0.3) is 5.91 Å². The number of aromatic nitrogens is 1. The Morgan fingerprint density at radius 3 is 2.68 bits per heavy atom. The van der Waals surface area contributed by atoms with Crippen molar-refractivity contribution in [2.45, 2.75) is 58.4 Å². The van der Waals surface area contributed by atoms with Gasteiger partial charge in [-0.2, -0.15) is 0 Å². The van der Waals surface area contributed by atoms with Crippen LogP contribution in [-0.2, 0) is 6.54 Å². The predicted molar refractivity (Wildman–Crippen MR) is 103 cm³/mol. The molecule has 3 fully saturated rings. The molecule has 0 unspecified atom stereocenters. The van der Waals surface area contributed by atoms with Crippen LogP contribution in [0.3, 0.4) is 0 Å². The number of nitrogens with zero attached hydrogens (tertiary/aromatic N) is 1. The number of carbonyl (C=O) groups excluding carboxylic acids is 1. The molecule has 3 nitrogen and oxygen atoms in total. The van der Waals surface area contributed by atoms with E-state index >= 15 is 0 Å². The number of nitrogens with one attached hydrogen (secondary N) is 1. The Morgan fingerprint density at radius 1 is 1.28 bits per heavy atom. The molecule has 0 saturated heterocycles. The number of fused-ring (bicyclic) bond motifs is 4. The molecule has 3 aliphatic rings. The number of amides is 1. The molecule has 1 heterocycles. The predicted octanol–water partition coefficient (Wildman–Crippen LogP) is 5.40. The molecule has 1 aromatic carbocycles. The highest BCUT2D eigenvalue weighted by atomic mass is 35.5. The normalized spacial score (nSPS) is 25.4. The fourth-order valence-corrected chi connectivity index (χ4v) is 5.15. The van der Waals surface area contributed by atoms with Gasteiger partial charge in [0.15, 0.2) is 0 Å². The molecule has 1 aromatic heterocycles. The van der Waals surface area contributed by atoms with E-state index in [-0.39, 0.29) is 5.91 Å². The zero-order valence-corrected chi connectivity index (χ0v) is 15.7. The first kappa shape index (κ1) is 17.0. The minimum absolute atomic E-state index is 0.0232. The van der Waals surface area contributed by atoms with Gasteiger partial charge < -0.3 is 9.88 Å². The number of halogens is 1. The quantitative estimate of drug-likeness (QED) is 0.762. The van der Waals surface area contributed by atoms with Crippen molar-refractivity contribution in [1.82, 2.24) is 9.88 Å². The van der Waals surface area contributed by atoms with Crippen molar-refractivity contribution in [3.63, 3.8) is 0 Å². The van der Waals surface area contributed by atoms with Crippen LogP contribution in [0.15, 0.2) is 24.4 Å². The van der Waals surface area contributed by atoms with Crippen molar-refractivity contribution >= 4 is 28.4 Å². The van der Waals surface area contributed by atoms with E-state index in [4.69, 9.17) is 11.6 Å². The van der Waals surface area contributed by atoms with Crippen LogP contribution < -0.4 is 5.32 Å². The van der Waals surface area contributed by atoms with Gasteiger partial charge in [-0.15, -0.1) is 0 Å². The van der Waals surface area contributed by atoms with E-state index < -0.39 is 0 Å². The van der Waals surface area contributed by atoms with Crippen LogP contribution in [0.25, 0.3) is 10.9 Å². The summed E-state index contributed by atoms with van der Waals surface area (Å²) in [5, 5.41) is 4.80. The molecule has 1 N–H and O–H groups in total. The Kier molecular flexibility index (Phi) is 4.53. The lowest BCUT2D eigenvalue weighted by Gasteiger charge is -2.46. The fourth-order valence-electron chi connectivity index (χ4n) is 4.87. The zero-order valence-electron chi connectivity index (χ0n) is 15.0. The number of aryl methyl sites for hydroxylation is 1. The maximum absolute atomic E-state index is 13.0. The topological polar surface area (TPSA) is 34.0 Å². The van der Waals surface area contributed by atoms with Gasteiger partial charge in [0, 0.05) is 24.7 Å².